The van der Waals surface area contributed by atoms with Gasteiger partial charge in [-0.05, 0) is 30.7 Å². The number of carbonyl (C=O) groups excluding carboxylic acids is 1. The van der Waals surface area contributed by atoms with Crippen LogP contribution >= 0.6 is 11.6 Å². The fourth-order valence-electron chi connectivity index (χ4n) is 1.66. The summed E-state index contributed by atoms with van der Waals surface area (Å²) >= 11 is 5.94. The van der Waals surface area contributed by atoms with Gasteiger partial charge in [0, 0.05) is 30.8 Å². The first-order valence-corrected chi connectivity index (χ1v) is 6.39. The largest absolute Gasteiger partial charge is 0.383 e. The number of nitrogens with zero attached hydrogens (tertiary/aromatic N) is 2. The van der Waals surface area contributed by atoms with Gasteiger partial charge in [0.25, 0.3) is 5.91 Å². The molecular formula is C14H17ClN2O2. The lowest BCUT2D eigenvalue weighted by molar-refractivity contribution is 0.0700. The molecule has 102 valence electrons. The maximum Gasteiger partial charge on any atom is 0.253 e. The third-order valence-corrected chi connectivity index (χ3v) is 3.18. The van der Waals surface area contributed by atoms with Crippen LogP contribution in [0.4, 0.5) is 0 Å². The number of hydrogen-bond acceptors (Lipinski definition) is 3. The van der Waals surface area contributed by atoms with E-state index in [4.69, 9.17) is 21.6 Å². The van der Waals surface area contributed by atoms with Crippen LogP contribution in [0.25, 0.3) is 0 Å². The van der Waals surface area contributed by atoms with Crippen LogP contribution in [0, 0.1) is 18.3 Å². The number of benzene rings is 1. The third kappa shape index (κ3) is 4.55. The SMILES string of the molecule is COCCN(CCC#N)C(=O)c1ccc(Cl)c(C)c1. The lowest BCUT2D eigenvalue weighted by atomic mass is 10.1. The second-order valence-corrected chi connectivity index (χ2v) is 4.56. The number of aryl methyl sites for hydroxylation is 1. The molecule has 1 aromatic rings. The van der Waals surface area contributed by atoms with Crippen molar-refractivity contribution < 1.29 is 9.53 Å². The predicted molar refractivity (Wildman–Crippen MR) is 74.2 cm³/mol. The summed E-state index contributed by atoms with van der Waals surface area (Å²) in [6, 6.07) is 7.22. The van der Waals surface area contributed by atoms with Crippen LogP contribution in [0.3, 0.4) is 0 Å². The van der Waals surface area contributed by atoms with E-state index in [1.807, 2.05) is 13.0 Å². The maximum absolute atomic E-state index is 12.3. The third-order valence-electron chi connectivity index (χ3n) is 2.75. The van der Waals surface area contributed by atoms with Crippen molar-refractivity contribution in [2.24, 2.45) is 0 Å². The molecule has 1 aromatic carbocycles. The summed E-state index contributed by atoms with van der Waals surface area (Å²) in [7, 11) is 1.58. The highest BCUT2D eigenvalue weighted by atomic mass is 35.5. The minimum atomic E-state index is -0.105. The lowest BCUT2D eigenvalue weighted by Gasteiger charge is -2.21. The molecule has 0 aliphatic heterocycles. The predicted octanol–water partition coefficient (Wildman–Crippen LogP) is 2.65. The molecular weight excluding hydrogens is 264 g/mol. The summed E-state index contributed by atoms with van der Waals surface area (Å²) < 4.78 is 4.98. The Morgan fingerprint density at radius 2 is 2.21 bits per heavy atom. The van der Waals surface area contributed by atoms with Crippen LogP contribution in [-0.4, -0.2) is 37.6 Å². The molecule has 0 radical (unpaired) electrons. The van der Waals surface area contributed by atoms with Gasteiger partial charge < -0.3 is 9.64 Å². The first-order valence-electron chi connectivity index (χ1n) is 6.01. The molecule has 4 nitrogen and oxygen atoms in total. The average molecular weight is 281 g/mol. The molecule has 1 rings (SSSR count). The van der Waals surface area contributed by atoms with Gasteiger partial charge in [0.1, 0.15) is 0 Å². The van der Waals surface area contributed by atoms with Crippen molar-refractivity contribution in [3.8, 4) is 6.07 Å². The second-order valence-electron chi connectivity index (χ2n) is 4.16. The van der Waals surface area contributed by atoms with Crippen LogP contribution < -0.4 is 0 Å². The summed E-state index contributed by atoms with van der Waals surface area (Å²) in [6.07, 6.45) is 0.308. The molecule has 0 saturated heterocycles. The number of nitriles is 1. The van der Waals surface area contributed by atoms with Gasteiger partial charge in [0.05, 0.1) is 19.1 Å². The van der Waals surface area contributed by atoms with Crippen molar-refractivity contribution in [2.45, 2.75) is 13.3 Å². The summed E-state index contributed by atoms with van der Waals surface area (Å²) in [5, 5.41) is 9.27. The summed E-state index contributed by atoms with van der Waals surface area (Å²) in [4.78, 5) is 14.0. The molecule has 0 bridgehead atoms. The highest BCUT2D eigenvalue weighted by Crippen LogP contribution is 2.17. The van der Waals surface area contributed by atoms with Crippen LogP contribution in [-0.2, 0) is 4.74 Å². The molecule has 0 spiro atoms. The molecule has 0 aliphatic rings. The van der Waals surface area contributed by atoms with E-state index in [0.29, 0.717) is 36.7 Å². The Morgan fingerprint density at radius 1 is 1.47 bits per heavy atom. The Balaban J connectivity index is 2.84. The second kappa shape index (κ2) is 7.78. The highest BCUT2D eigenvalue weighted by molar-refractivity contribution is 6.31. The molecule has 0 saturated carbocycles. The van der Waals surface area contributed by atoms with Crippen molar-refractivity contribution in [3.05, 3.63) is 34.3 Å². The number of halogens is 1. The van der Waals surface area contributed by atoms with E-state index >= 15 is 0 Å². The zero-order valence-corrected chi connectivity index (χ0v) is 11.9. The molecule has 0 heterocycles. The van der Waals surface area contributed by atoms with Gasteiger partial charge in [-0.25, -0.2) is 0 Å². The Kier molecular flexibility index (Phi) is 6.34. The van der Waals surface area contributed by atoms with Crippen LogP contribution in [0.15, 0.2) is 18.2 Å². The Labute approximate surface area is 118 Å². The number of methoxy groups -OCH3 is 1. The average Bonchev–Trinajstić information content (AvgIpc) is 2.41. The number of amides is 1. The molecule has 1 amide bonds. The summed E-state index contributed by atoms with van der Waals surface area (Å²) in [5.41, 5.74) is 1.44. The fourth-order valence-corrected chi connectivity index (χ4v) is 1.78. The van der Waals surface area contributed by atoms with E-state index in [9.17, 15) is 4.79 Å². The summed E-state index contributed by atoms with van der Waals surface area (Å²) in [5.74, 6) is -0.105. The standard InChI is InChI=1S/C14H17ClN2O2/c1-11-10-12(4-5-13(11)15)14(18)17(7-3-6-16)8-9-19-2/h4-5,10H,3,7-9H2,1-2H3. The van der Waals surface area contributed by atoms with Crippen molar-refractivity contribution >= 4 is 17.5 Å². The summed E-state index contributed by atoms with van der Waals surface area (Å²) in [6.45, 7) is 3.18. The molecule has 5 heteroatoms. The number of ether oxygens (including phenoxy) is 1. The van der Waals surface area contributed by atoms with E-state index in [2.05, 4.69) is 0 Å². The number of carbonyl (C=O) groups is 1. The molecule has 0 N–H and O–H groups in total. The molecule has 0 atom stereocenters. The van der Waals surface area contributed by atoms with Crippen molar-refractivity contribution in [1.29, 1.82) is 5.26 Å². The van der Waals surface area contributed by atoms with Gasteiger partial charge in [0.15, 0.2) is 0 Å². The van der Waals surface area contributed by atoms with E-state index < -0.39 is 0 Å². The normalized spacial score (nSPS) is 10.0. The Bertz CT molecular complexity index is 483. The van der Waals surface area contributed by atoms with Gasteiger partial charge >= 0.3 is 0 Å². The van der Waals surface area contributed by atoms with Gasteiger partial charge in [-0.3, -0.25) is 4.79 Å². The monoisotopic (exact) mass is 280 g/mol. The zero-order chi connectivity index (χ0) is 14.3. The first kappa shape index (κ1) is 15.5. The minimum absolute atomic E-state index is 0.105. The van der Waals surface area contributed by atoms with Gasteiger partial charge in [-0.1, -0.05) is 11.6 Å². The Hall–Kier alpha value is -1.57. The number of rotatable bonds is 6. The topological polar surface area (TPSA) is 53.3 Å². The number of hydrogen-bond donors (Lipinski definition) is 0. The molecule has 0 aromatic heterocycles. The van der Waals surface area contributed by atoms with Crippen molar-refractivity contribution in [3.63, 3.8) is 0 Å². The smallest absolute Gasteiger partial charge is 0.253 e. The van der Waals surface area contributed by atoms with E-state index in [1.54, 1.807) is 30.2 Å². The quantitative estimate of drug-likeness (QED) is 0.805. The Morgan fingerprint density at radius 3 is 2.79 bits per heavy atom. The molecule has 19 heavy (non-hydrogen) atoms. The lowest BCUT2D eigenvalue weighted by Crippen LogP contribution is -2.34. The van der Waals surface area contributed by atoms with Gasteiger partial charge in [0.2, 0.25) is 0 Å². The van der Waals surface area contributed by atoms with Crippen molar-refractivity contribution in [1.82, 2.24) is 4.90 Å². The molecule has 0 aliphatic carbocycles. The van der Waals surface area contributed by atoms with Crippen molar-refractivity contribution in [2.75, 3.05) is 26.8 Å². The zero-order valence-electron chi connectivity index (χ0n) is 11.1. The molecule has 0 fully saturated rings. The van der Waals surface area contributed by atoms with Crippen LogP contribution in [0.1, 0.15) is 22.3 Å². The van der Waals surface area contributed by atoms with Crippen LogP contribution in [0.5, 0.6) is 0 Å². The first-order chi connectivity index (χ1) is 9.10. The molecule has 0 unspecified atom stereocenters. The van der Waals surface area contributed by atoms with Gasteiger partial charge in [-0.2, -0.15) is 5.26 Å². The van der Waals surface area contributed by atoms with E-state index in [0.717, 1.165) is 5.56 Å². The maximum atomic E-state index is 12.3. The fraction of sp³-hybridized carbons (Fsp3) is 0.429. The van der Waals surface area contributed by atoms with E-state index in [1.165, 1.54) is 0 Å². The van der Waals surface area contributed by atoms with Crippen LogP contribution in [0.2, 0.25) is 5.02 Å². The minimum Gasteiger partial charge on any atom is -0.383 e. The van der Waals surface area contributed by atoms with Gasteiger partial charge in [-0.15, -0.1) is 0 Å². The van der Waals surface area contributed by atoms with E-state index in [-0.39, 0.29) is 5.91 Å². The highest BCUT2D eigenvalue weighted by Gasteiger charge is 2.15.